The predicted octanol–water partition coefficient (Wildman–Crippen LogP) is 0.591. The van der Waals surface area contributed by atoms with Crippen LogP contribution in [0.4, 0.5) is 0 Å². The zero-order valence-corrected chi connectivity index (χ0v) is 4.80. The second-order valence-corrected chi connectivity index (χ2v) is 2.10. The van der Waals surface area contributed by atoms with E-state index in [9.17, 15) is 0 Å². The molecule has 0 bridgehead atoms. The molecule has 0 aromatic rings. The summed E-state index contributed by atoms with van der Waals surface area (Å²) >= 11 is 0. The van der Waals surface area contributed by atoms with Gasteiger partial charge in [-0.3, -0.25) is 0 Å². The summed E-state index contributed by atoms with van der Waals surface area (Å²) in [6, 6.07) is 0.205. The molecule has 0 aromatic heterocycles. The first kappa shape index (κ1) is 5.52. The summed E-state index contributed by atoms with van der Waals surface area (Å²) < 4.78 is 0. The molecule has 0 aliphatic carbocycles. The van der Waals surface area contributed by atoms with Crippen LogP contribution in [0.5, 0.6) is 0 Å². The van der Waals surface area contributed by atoms with E-state index in [0.29, 0.717) is 0 Å². The Labute approximate surface area is 48.7 Å². The molecule has 0 radical (unpaired) electrons. The summed E-state index contributed by atoms with van der Waals surface area (Å²) in [5.74, 6) is 0. The van der Waals surface area contributed by atoms with Gasteiger partial charge in [0.05, 0.1) is 0 Å². The second kappa shape index (κ2) is 2.63. The van der Waals surface area contributed by atoms with E-state index in [0.717, 1.165) is 25.9 Å². The van der Waals surface area contributed by atoms with Crippen molar-refractivity contribution in [2.75, 3.05) is 13.1 Å². The molecule has 44 valence electrons. The maximum atomic E-state index is 8.29. The van der Waals surface area contributed by atoms with Crippen LogP contribution < -0.4 is 5.32 Å². The first-order valence-corrected chi connectivity index (χ1v) is 2.98. The molecule has 0 spiro atoms. The molecule has 0 atom stereocenters. The number of nitrogens with zero attached hydrogens (tertiary/aromatic N) is 2. The molecule has 0 aromatic carbocycles. The largest absolute Gasteiger partial charge is 0.316 e. The number of nitrogens with one attached hydrogen (secondary N) is 1. The van der Waals surface area contributed by atoms with Crippen LogP contribution in [0.3, 0.4) is 0 Å². The molecule has 0 saturated carbocycles. The Bertz CT molecular complexity index is 98.7. The Morgan fingerprint density at radius 3 is 2.38 bits per heavy atom. The Balaban J connectivity index is 2.25. The van der Waals surface area contributed by atoms with Gasteiger partial charge in [0.2, 0.25) is 5.39 Å². The van der Waals surface area contributed by atoms with Crippen molar-refractivity contribution in [3.63, 3.8) is 0 Å². The van der Waals surface area contributed by atoms with Crippen LogP contribution in [0.15, 0.2) is 0 Å². The number of hydrogen-bond donors (Lipinski definition) is 1. The van der Waals surface area contributed by atoms with Crippen molar-refractivity contribution in [2.45, 2.75) is 18.9 Å². The highest BCUT2D eigenvalue weighted by Crippen LogP contribution is 2.04. The summed E-state index contributed by atoms with van der Waals surface area (Å²) in [6.07, 6.45) is 1.97. The third-order valence-electron chi connectivity index (χ3n) is 1.47. The third-order valence-corrected chi connectivity index (χ3v) is 1.47. The van der Waals surface area contributed by atoms with Crippen LogP contribution >= 0.6 is 0 Å². The lowest BCUT2D eigenvalue weighted by Gasteiger charge is -2.07. The van der Waals surface area contributed by atoms with E-state index in [2.05, 4.69) is 10.3 Å². The molecule has 1 fully saturated rings. The molecular formula is C5H10N3+. The molecule has 0 amide bonds. The standard InChI is InChI=1S/C5H10N3/c6-8-5-1-3-7-4-2-5/h5,7H,1-4H2/q+1. The third kappa shape index (κ3) is 1.17. The average Bonchev–Trinajstić information content (AvgIpc) is 1.90. The normalized spacial score (nSPS) is 22.4. The van der Waals surface area contributed by atoms with Crippen LogP contribution in [0.1, 0.15) is 12.8 Å². The minimum absolute atomic E-state index is 0.205. The van der Waals surface area contributed by atoms with Crippen LogP contribution in [-0.4, -0.2) is 19.1 Å². The highest BCUT2D eigenvalue weighted by Gasteiger charge is 2.21. The van der Waals surface area contributed by atoms with Crippen LogP contribution in [0.2, 0.25) is 0 Å². The van der Waals surface area contributed by atoms with E-state index < -0.39 is 0 Å². The summed E-state index contributed by atoms with van der Waals surface area (Å²) in [7, 11) is 0. The second-order valence-electron chi connectivity index (χ2n) is 2.10. The molecule has 0 unspecified atom stereocenters. The average molecular weight is 112 g/mol. The Morgan fingerprint density at radius 1 is 1.38 bits per heavy atom. The van der Waals surface area contributed by atoms with Crippen molar-refractivity contribution in [3.8, 4) is 0 Å². The van der Waals surface area contributed by atoms with E-state index in [-0.39, 0.29) is 6.04 Å². The highest BCUT2D eigenvalue weighted by atomic mass is 14.9. The Hall–Kier alpha value is -0.620. The summed E-state index contributed by atoms with van der Waals surface area (Å²) in [6.45, 7) is 1.99. The fourth-order valence-corrected chi connectivity index (χ4v) is 0.922. The molecule has 1 rings (SSSR count). The first-order valence-electron chi connectivity index (χ1n) is 2.98. The lowest BCUT2D eigenvalue weighted by molar-refractivity contribution is 0.493. The van der Waals surface area contributed by atoms with Crippen molar-refractivity contribution in [3.05, 3.63) is 4.98 Å². The van der Waals surface area contributed by atoms with Gasteiger partial charge in [0.25, 0.3) is 0 Å². The van der Waals surface area contributed by atoms with Gasteiger partial charge in [0.15, 0.2) is 0 Å². The summed E-state index contributed by atoms with van der Waals surface area (Å²) in [5, 5.41) is 11.5. The molecule has 8 heavy (non-hydrogen) atoms. The summed E-state index contributed by atoms with van der Waals surface area (Å²) in [4.78, 5) is 3.21. The van der Waals surface area contributed by atoms with Crippen molar-refractivity contribution in [1.82, 2.24) is 5.32 Å². The van der Waals surface area contributed by atoms with Gasteiger partial charge in [0, 0.05) is 25.9 Å². The van der Waals surface area contributed by atoms with Gasteiger partial charge < -0.3 is 5.32 Å². The van der Waals surface area contributed by atoms with E-state index in [4.69, 9.17) is 5.39 Å². The topological polar surface area (TPSA) is 40.2 Å². The predicted molar refractivity (Wildman–Crippen MR) is 31.0 cm³/mol. The molecule has 3 heteroatoms. The summed E-state index contributed by atoms with van der Waals surface area (Å²) in [5.41, 5.74) is 0. The van der Waals surface area contributed by atoms with Gasteiger partial charge in [-0.2, -0.15) is 0 Å². The smallest absolute Gasteiger partial charge is 0.316 e. The van der Waals surface area contributed by atoms with Gasteiger partial charge in [-0.15, -0.1) is 0 Å². The molecule has 1 saturated heterocycles. The lowest BCUT2D eigenvalue weighted by atomic mass is 10.1. The maximum Gasteiger partial charge on any atom is 0.316 e. The van der Waals surface area contributed by atoms with Gasteiger partial charge in [0.1, 0.15) is 4.98 Å². The molecule has 1 N–H and O–H groups in total. The van der Waals surface area contributed by atoms with Crippen LogP contribution in [0.25, 0.3) is 4.98 Å². The fraction of sp³-hybridized carbons (Fsp3) is 1.00. The van der Waals surface area contributed by atoms with E-state index >= 15 is 0 Å². The molecule has 3 nitrogen and oxygen atoms in total. The monoisotopic (exact) mass is 112 g/mol. The lowest BCUT2D eigenvalue weighted by Crippen LogP contribution is -2.28. The van der Waals surface area contributed by atoms with E-state index in [1.807, 2.05) is 0 Å². The number of rotatable bonds is 0. The SMILES string of the molecule is N#[N+]C1CCNCC1. The first-order chi connectivity index (χ1) is 3.93. The minimum atomic E-state index is 0.205. The molecule has 1 heterocycles. The fourth-order valence-electron chi connectivity index (χ4n) is 0.922. The van der Waals surface area contributed by atoms with Crippen molar-refractivity contribution in [1.29, 1.82) is 5.39 Å². The Kier molecular flexibility index (Phi) is 1.81. The van der Waals surface area contributed by atoms with Gasteiger partial charge in [-0.25, -0.2) is 0 Å². The zero-order valence-electron chi connectivity index (χ0n) is 4.80. The highest BCUT2D eigenvalue weighted by molar-refractivity contribution is 4.80. The van der Waals surface area contributed by atoms with Gasteiger partial charge in [-0.05, 0) is 0 Å². The maximum absolute atomic E-state index is 8.29. The van der Waals surface area contributed by atoms with Gasteiger partial charge in [-0.1, -0.05) is 0 Å². The molecule has 1 aliphatic rings. The van der Waals surface area contributed by atoms with E-state index in [1.165, 1.54) is 0 Å². The number of diazo groups is 1. The zero-order chi connectivity index (χ0) is 5.82. The number of hydrogen-bond acceptors (Lipinski definition) is 2. The van der Waals surface area contributed by atoms with Crippen molar-refractivity contribution in [2.24, 2.45) is 0 Å². The Morgan fingerprint density at radius 2 is 2.00 bits per heavy atom. The quantitative estimate of drug-likeness (QED) is 0.466. The molecule has 1 aliphatic heterocycles. The van der Waals surface area contributed by atoms with Crippen molar-refractivity contribution < 1.29 is 0 Å². The molecular weight excluding hydrogens is 102 g/mol. The minimum Gasteiger partial charge on any atom is -0.316 e. The van der Waals surface area contributed by atoms with Gasteiger partial charge >= 0.3 is 6.04 Å². The van der Waals surface area contributed by atoms with Crippen molar-refractivity contribution >= 4 is 0 Å². The number of piperidine rings is 1. The van der Waals surface area contributed by atoms with Crippen LogP contribution in [-0.2, 0) is 0 Å². The van der Waals surface area contributed by atoms with Crippen LogP contribution in [0, 0.1) is 5.39 Å². The van der Waals surface area contributed by atoms with E-state index in [1.54, 1.807) is 0 Å².